The number of nitrogens with zero attached hydrogens (tertiary/aromatic N) is 1. The Bertz CT molecular complexity index is 827. The van der Waals surface area contributed by atoms with Crippen molar-refractivity contribution < 1.29 is 18.7 Å². The van der Waals surface area contributed by atoms with E-state index in [1.807, 2.05) is 5.40 Å². The second-order valence-corrected chi connectivity index (χ2v) is 6.41. The second kappa shape index (κ2) is 7.95. The lowest BCUT2D eigenvalue weighted by molar-refractivity contribution is 0.0531. The molecule has 24 heavy (non-hydrogen) atoms. The molecule has 0 unspecified atom stereocenters. The van der Waals surface area contributed by atoms with Crippen molar-refractivity contribution in [1.82, 2.24) is 0 Å². The fourth-order valence-corrected chi connectivity index (χ4v) is 3.74. The molecule has 8 heteroatoms. The van der Waals surface area contributed by atoms with Gasteiger partial charge in [-0.15, -0.1) is 11.3 Å². The van der Waals surface area contributed by atoms with Crippen LogP contribution in [0.2, 0.25) is 0 Å². The Morgan fingerprint density at radius 3 is 2.83 bits per heavy atom. The Balaban J connectivity index is 2.35. The van der Waals surface area contributed by atoms with Crippen LogP contribution in [0.5, 0.6) is 0 Å². The van der Waals surface area contributed by atoms with Crippen LogP contribution in [0.25, 0.3) is 0 Å². The summed E-state index contributed by atoms with van der Waals surface area (Å²) in [5.74, 6) is -1.55. The van der Waals surface area contributed by atoms with Gasteiger partial charge >= 0.3 is 5.97 Å². The number of anilines is 1. The summed E-state index contributed by atoms with van der Waals surface area (Å²) in [4.78, 5) is 25.0. The fraction of sp³-hybridized carbons (Fsp3) is 0.188. The third-order valence-corrected chi connectivity index (χ3v) is 5.14. The molecule has 0 bridgehead atoms. The van der Waals surface area contributed by atoms with E-state index in [2.05, 4.69) is 5.32 Å². The number of thiophene rings is 1. The average molecular weight is 364 g/mol. The third kappa shape index (κ3) is 3.93. The van der Waals surface area contributed by atoms with Gasteiger partial charge in [-0.2, -0.15) is 5.26 Å². The summed E-state index contributed by atoms with van der Waals surface area (Å²) in [5, 5.41) is 13.9. The highest BCUT2D eigenvalue weighted by Crippen LogP contribution is 2.40. The van der Waals surface area contributed by atoms with Crippen LogP contribution in [0.3, 0.4) is 0 Å². The van der Waals surface area contributed by atoms with E-state index in [0.29, 0.717) is 20.3 Å². The monoisotopic (exact) mass is 364 g/mol. The van der Waals surface area contributed by atoms with E-state index < -0.39 is 17.7 Å². The smallest absolute Gasteiger partial charge is 0.348 e. The predicted octanol–water partition coefficient (Wildman–Crippen LogP) is 4.20. The quantitative estimate of drug-likeness (QED) is 0.489. The van der Waals surface area contributed by atoms with Crippen molar-refractivity contribution in [3.63, 3.8) is 0 Å². The van der Waals surface area contributed by atoms with Gasteiger partial charge in [-0.1, -0.05) is 6.07 Å². The van der Waals surface area contributed by atoms with Crippen LogP contribution in [-0.4, -0.2) is 18.5 Å². The molecule has 0 saturated heterocycles. The lowest BCUT2D eigenvalue weighted by Gasteiger charge is -2.04. The maximum Gasteiger partial charge on any atom is 0.348 e. The molecule has 1 heterocycles. The molecule has 1 N–H and O–H groups in total. The molecule has 0 radical (unpaired) electrons. The molecule has 0 aliphatic rings. The minimum absolute atomic E-state index is 0.145. The van der Waals surface area contributed by atoms with Crippen LogP contribution in [0.15, 0.2) is 29.2 Å². The molecule has 0 saturated carbocycles. The van der Waals surface area contributed by atoms with Gasteiger partial charge in [0.25, 0.3) is 5.91 Å². The van der Waals surface area contributed by atoms with Crippen LogP contribution in [0.4, 0.5) is 9.39 Å². The SMILES string of the molecule is CCOC(=O)c1sc(NC(=O)c2cccc(F)c2)c(SC#N)c1C. The molecule has 0 spiro atoms. The van der Waals surface area contributed by atoms with Gasteiger partial charge in [-0.25, -0.2) is 9.18 Å². The lowest BCUT2D eigenvalue weighted by atomic mass is 10.2. The predicted molar refractivity (Wildman–Crippen MR) is 90.8 cm³/mol. The molecular formula is C16H13FN2O3S2. The van der Waals surface area contributed by atoms with Crippen molar-refractivity contribution in [2.24, 2.45) is 0 Å². The van der Waals surface area contributed by atoms with Gasteiger partial charge < -0.3 is 10.1 Å². The van der Waals surface area contributed by atoms with Crippen LogP contribution in [0.1, 0.15) is 32.5 Å². The zero-order valence-corrected chi connectivity index (χ0v) is 14.5. The number of hydrogen-bond acceptors (Lipinski definition) is 6. The van der Waals surface area contributed by atoms with Gasteiger partial charge in [-0.05, 0) is 49.4 Å². The summed E-state index contributed by atoms with van der Waals surface area (Å²) in [7, 11) is 0. The van der Waals surface area contributed by atoms with Gasteiger partial charge in [0.1, 0.15) is 21.1 Å². The minimum atomic E-state index is -0.524. The van der Waals surface area contributed by atoms with Crippen molar-refractivity contribution >= 4 is 40.0 Å². The number of rotatable bonds is 5. The van der Waals surface area contributed by atoms with Crippen LogP contribution < -0.4 is 5.32 Å². The highest BCUT2D eigenvalue weighted by molar-refractivity contribution is 8.04. The van der Waals surface area contributed by atoms with Crippen molar-refractivity contribution in [2.75, 3.05) is 11.9 Å². The van der Waals surface area contributed by atoms with E-state index in [1.54, 1.807) is 13.8 Å². The van der Waals surface area contributed by atoms with Crippen molar-refractivity contribution in [3.8, 4) is 5.40 Å². The van der Waals surface area contributed by atoms with Gasteiger partial charge in [0, 0.05) is 5.56 Å². The van der Waals surface area contributed by atoms with Crippen LogP contribution >= 0.6 is 23.1 Å². The number of carbonyl (C=O) groups excluding carboxylic acids is 2. The van der Waals surface area contributed by atoms with Crippen molar-refractivity contribution in [1.29, 1.82) is 5.26 Å². The Kier molecular flexibility index (Phi) is 5.95. The van der Waals surface area contributed by atoms with E-state index in [0.717, 1.165) is 29.2 Å². The van der Waals surface area contributed by atoms with E-state index in [9.17, 15) is 14.0 Å². The number of carbonyl (C=O) groups is 2. The third-order valence-electron chi connectivity index (χ3n) is 3.01. The molecule has 1 aromatic carbocycles. The molecule has 0 atom stereocenters. The number of thiocyanates is 1. The number of halogens is 1. The molecule has 0 aliphatic heterocycles. The summed E-state index contributed by atoms with van der Waals surface area (Å²) in [6, 6.07) is 5.25. The molecule has 124 valence electrons. The number of ether oxygens (including phenoxy) is 1. The first kappa shape index (κ1) is 18.0. The maximum atomic E-state index is 13.2. The van der Waals surface area contributed by atoms with E-state index in [-0.39, 0.29) is 12.2 Å². The lowest BCUT2D eigenvalue weighted by Crippen LogP contribution is -2.11. The first-order valence-electron chi connectivity index (χ1n) is 6.91. The van der Waals surface area contributed by atoms with Crippen molar-refractivity contribution in [2.45, 2.75) is 18.7 Å². The standard InChI is InChI=1S/C16H13FN2O3S2/c1-3-22-16(21)13-9(2)12(23-8-18)15(24-13)19-14(20)10-5-4-6-11(17)7-10/h4-7H,3H2,1-2H3,(H,19,20). The van der Waals surface area contributed by atoms with E-state index >= 15 is 0 Å². The Morgan fingerprint density at radius 2 is 2.21 bits per heavy atom. The van der Waals surface area contributed by atoms with Gasteiger partial charge in [0.2, 0.25) is 0 Å². The van der Waals surface area contributed by atoms with Gasteiger partial charge in [-0.3, -0.25) is 4.79 Å². The molecule has 1 amide bonds. The molecule has 1 aromatic heterocycles. The summed E-state index contributed by atoms with van der Waals surface area (Å²) >= 11 is 1.87. The first-order valence-corrected chi connectivity index (χ1v) is 8.54. The number of amides is 1. The molecular weight excluding hydrogens is 351 g/mol. The minimum Gasteiger partial charge on any atom is -0.462 e. The largest absolute Gasteiger partial charge is 0.462 e. The Morgan fingerprint density at radius 1 is 1.46 bits per heavy atom. The molecule has 2 aromatic rings. The molecule has 2 rings (SSSR count). The van der Waals surface area contributed by atoms with Crippen molar-refractivity contribution in [3.05, 3.63) is 46.1 Å². The highest BCUT2D eigenvalue weighted by atomic mass is 32.2. The first-order chi connectivity index (χ1) is 11.5. The molecule has 5 nitrogen and oxygen atoms in total. The highest BCUT2D eigenvalue weighted by Gasteiger charge is 2.23. The summed E-state index contributed by atoms with van der Waals surface area (Å²) in [6.07, 6.45) is 0. The van der Waals surface area contributed by atoms with Gasteiger partial charge in [0.05, 0.1) is 11.5 Å². The normalized spacial score (nSPS) is 10.1. The average Bonchev–Trinajstić information content (AvgIpc) is 2.85. The summed E-state index contributed by atoms with van der Waals surface area (Å²) in [6.45, 7) is 3.60. The summed E-state index contributed by atoms with van der Waals surface area (Å²) in [5.41, 5.74) is 0.714. The van der Waals surface area contributed by atoms with E-state index in [1.165, 1.54) is 18.2 Å². The number of benzene rings is 1. The Labute approximate surface area is 146 Å². The number of nitrogens with one attached hydrogen (secondary N) is 1. The fourth-order valence-electron chi connectivity index (χ4n) is 1.95. The second-order valence-electron chi connectivity index (χ2n) is 4.59. The van der Waals surface area contributed by atoms with E-state index in [4.69, 9.17) is 10.00 Å². The summed E-state index contributed by atoms with van der Waals surface area (Å²) < 4.78 is 18.2. The molecule has 0 fully saturated rings. The number of hydrogen-bond donors (Lipinski definition) is 1. The Hall–Kier alpha value is -2.37. The maximum absolute atomic E-state index is 13.2. The van der Waals surface area contributed by atoms with Crippen LogP contribution in [-0.2, 0) is 4.74 Å². The number of esters is 1. The topological polar surface area (TPSA) is 79.2 Å². The van der Waals surface area contributed by atoms with Crippen LogP contribution in [0, 0.1) is 23.4 Å². The molecule has 0 aliphatic carbocycles. The zero-order chi connectivity index (χ0) is 17.7. The number of thioether (sulfide) groups is 1. The number of nitriles is 1. The van der Waals surface area contributed by atoms with Gasteiger partial charge in [0.15, 0.2) is 0 Å². The zero-order valence-electron chi connectivity index (χ0n) is 12.9.